The van der Waals surface area contributed by atoms with Crippen LogP contribution in [0.15, 0.2) is 46.9 Å². The van der Waals surface area contributed by atoms with Gasteiger partial charge in [-0.2, -0.15) is 4.98 Å². The number of amides is 1. The number of carbonyl (C=O) groups excluding carboxylic acids is 1. The average Bonchev–Trinajstić information content (AvgIpc) is 3.19. The Bertz CT molecular complexity index is 886. The van der Waals surface area contributed by atoms with Crippen molar-refractivity contribution in [1.29, 1.82) is 0 Å². The zero-order chi connectivity index (χ0) is 16.5. The maximum atomic E-state index is 11.8. The third-order valence-corrected chi connectivity index (χ3v) is 4.14. The molecule has 0 unspecified atom stereocenters. The van der Waals surface area contributed by atoms with Crippen LogP contribution in [0.3, 0.4) is 0 Å². The molecule has 0 radical (unpaired) electrons. The van der Waals surface area contributed by atoms with Crippen LogP contribution >= 0.6 is 0 Å². The lowest BCUT2D eigenvalue weighted by atomic mass is 10.2. The Hall–Kier alpha value is -3.02. The lowest BCUT2D eigenvalue weighted by Crippen LogP contribution is -2.23. The highest BCUT2D eigenvalue weighted by atomic mass is 16.4. The Balaban J connectivity index is 1.44. The molecule has 3 aromatic rings. The molecule has 1 amide bonds. The van der Waals surface area contributed by atoms with Crippen LogP contribution in [0.5, 0.6) is 5.75 Å². The monoisotopic (exact) mass is 323 g/mol. The Morgan fingerprint density at radius 1 is 1.21 bits per heavy atom. The Morgan fingerprint density at radius 3 is 2.79 bits per heavy atom. The van der Waals surface area contributed by atoms with Crippen molar-refractivity contribution in [3.63, 3.8) is 0 Å². The van der Waals surface area contributed by atoms with Crippen LogP contribution in [0, 0.1) is 0 Å². The molecule has 0 spiro atoms. The number of hydrogen-bond donors (Lipinski definition) is 2. The second-order valence-corrected chi connectivity index (χ2v) is 5.84. The van der Waals surface area contributed by atoms with Crippen LogP contribution in [0.2, 0.25) is 0 Å². The molecule has 122 valence electrons. The van der Waals surface area contributed by atoms with Crippen molar-refractivity contribution in [2.45, 2.75) is 19.4 Å². The minimum Gasteiger partial charge on any atom is -0.508 e. The first kappa shape index (κ1) is 14.6. The van der Waals surface area contributed by atoms with E-state index in [1.807, 2.05) is 29.2 Å². The summed E-state index contributed by atoms with van der Waals surface area (Å²) >= 11 is 0. The summed E-state index contributed by atoms with van der Waals surface area (Å²) in [6, 6.07) is 13.1. The highest BCUT2D eigenvalue weighted by molar-refractivity contribution is 5.95. The van der Waals surface area contributed by atoms with E-state index in [-0.39, 0.29) is 11.7 Å². The molecule has 2 N–H and O–H groups in total. The summed E-state index contributed by atoms with van der Waals surface area (Å²) in [5.41, 5.74) is 3.24. The second-order valence-electron chi connectivity index (χ2n) is 5.84. The van der Waals surface area contributed by atoms with Gasteiger partial charge >= 0.3 is 0 Å². The molecule has 6 nitrogen and oxygen atoms in total. The van der Waals surface area contributed by atoms with E-state index in [2.05, 4.69) is 10.3 Å². The first-order valence-corrected chi connectivity index (χ1v) is 7.92. The van der Waals surface area contributed by atoms with Gasteiger partial charge in [-0.1, -0.05) is 12.1 Å². The smallest absolute Gasteiger partial charge is 0.295 e. The van der Waals surface area contributed by atoms with Gasteiger partial charge in [0, 0.05) is 31.3 Å². The molecule has 4 rings (SSSR count). The van der Waals surface area contributed by atoms with Crippen LogP contribution in [0.25, 0.3) is 11.1 Å². The third kappa shape index (κ3) is 2.78. The van der Waals surface area contributed by atoms with Crippen molar-refractivity contribution >= 4 is 28.7 Å². The lowest BCUT2D eigenvalue weighted by molar-refractivity contribution is -0.117. The minimum absolute atomic E-state index is 0.150. The summed E-state index contributed by atoms with van der Waals surface area (Å²) in [6.07, 6.45) is 1.56. The number of aromatic nitrogens is 1. The van der Waals surface area contributed by atoms with Gasteiger partial charge in [0.1, 0.15) is 11.3 Å². The number of phenols is 1. The molecular formula is C18H17N3O3. The van der Waals surface area contributed by atoms with Gasteiger partial charge in [-0.05, 0) is 36.2 Å². The zero-order valence-electron chi connectivity index (χ0n) is 13.0. The van der Waals surface area contributed by atoms with Crippen LogP contribution in [0.1, 0.15) is 18.4 Å². The van der Waals surface area contributed by atoms with E-state index < -0.39 is 0 Å². The van der Waals surface area contributed by atoms with Crippen LogP contribution < -0.4 is 10.2 Å². The van der Waals surface area contributed by atoms with Crippen molar-refractivity contribution < 1.29 is 14.3 Å². The number of carbonyl (C=O) groups is 1. The summed E-state index contributed by atoms with van der Waals surface area (Å²) in [5.74, 6) is 0.341. The summed E-state index contributed by atoms with van der Waals surface area (Å²) in [7, 11) is 0. The number of aromatic hydroxyl groups is 1. The molecule has 1 aliphatic heterocycles. The number of nitrogens with zero attached hydrogens (tertiary/aromatic N) is 2. The Morgan fingerprint density at radius 2 is 2.04 bits per heavy atom. The topological polar surface area (TPSA) is 78.6 Å². The van der Waals surface area contributed by atoms with E-state index in [1.165, 1.54) is 6.07 Å². The molecule has 1 aromatic heterocycles. The van der Waals surface area contributed by atoms with E-state index in [0.29, 0.717) is 30.1 Å². The normalized spacial score (nSPS) is 14.5. The van der Waals surface area contributed by atoms with Gasteiger partial charge < -0.3 is 19.7 Å². The van der Waals surface area contributed by atoms with Gasteiger partial charge in [-0.3, -0.25) is 4.79 Å². The average molecular weight is 323 g/mol. The third-order valence-electron chi connectivity index (χ3n) is 4.14. The van der Waals surface area contributed by atoms with E-state index >= 15 is 0 Å². The largest absolute Gasteiger partial charge is 0.508 e. The van der Waals surface area contributed by atoms with Gasteiger partial charge in [0.15, 0.2) is 5.58 Å². The molecule has 1 fully saturated rings. The summed E-state index contributed by atoms with van der Waals surface area (Å²) < 4.78 is 5.55. The highest BCUT2D eigenvalue weighted by Gasteiger charge is 2.21. The standard InChI is InChI=1S/C18H17N3O3/c22-14-7-8-15-16(10-14)24-18(20-15)19-11-12-3-5-13(6-4-12)21-9-1-2-17(21)23/h3-8,10,22H,1-2,9,11H2,(H,19,20). The molecule has 0 bridgehead atoms. The fourth-order valence-corrected chi connectivity index (χ4v) is 2.88. The van der Waals surface area contributed by atoms with Crippen molar-refractivity contribution in [3.05, 3.63) is 48.0 Å². The van der Waals surface area contributed by atoms with E-state index in [0.717, 1.165) is 24.2 Å². The van der Waals surface area contributed by atoms with Crippen LogP contribution in [0.4, 0.5) is 11.7 Å². The molecule has 1 saturated heterocycles. The van der Waals surface area contributed by atoms with Crippen molar-refractivity contribution in [2.24, 2.45) is 0 Å². The van der Waals surface area contributed by atoms with Crippen molar-refractivity contribution in [3.8, 4) is 5.75 Å². The molecule has 24 heavy (non-hydrogen) atoms. The number of hydrogen-bond acceptors (Lipinski definition) is 5. The number of fused-ring (bicyclic) bond motifs is 1. The number of anilines is 2. The van der Waals surface area contributed by atoms with Crippen molar-refractivity contribution in [1.82, 2.24) is 4.98 Å². The predicted molar refractivity (Wildman–Crippen MR) is 91.0 cm³/mol. The Kier molecular flexibility index (Phi) is 3.57. The predicted octanol–water partition coefficient (Wildman–Crippen LogP) is 3.27. The molecule has 0 atom stereocenters. The fourth-order valence-electron chi connectivity index (χ4n) is 2.88. The van der Waals surface area contributed by atoms with E-state index in [1.54, 1.807) is 12.1 Å². The molecular weight excluding hydrogens is 306 g/mol. The zero-order valence-corrected chi connectivity index (χ0v) is 13.0. The SMILES string of the molecule is O=C1CCCN1c1ccc(CNc2nc3ccc(O)cc3o2)cc1. The van der Waals surface area contributed by atoms with E-state index in [9.17, 15) is 9.90 Å². The van der Waals surface area contributed by atoms with Crippen molar-refractivity contribution in [2.75, 3.05) is 16.8 Å². The number of nitrogens with one attached hydrogen (secondary N) is 1. The van der Waals surface area contributed by atoms with E-state index in [4.69, 9.17) is 4.42 Å². The Labute approximate surface area is 138 Å². The van der Waals surface area contributed by atoms with Gasteiger partial charge in [-0.15, -0.1) is 0 Å². The van der Waals surface area contributed by atoms with Gasteiger partial charge in [-0.25, -0.2) is 0 Å². The number of phenolic OH excluding ortho intramolecular Hbond substituents is 1. The maximum Gasteiger partial charge on any atom is 0.295 e. The summed E-state index contributed by atoms with van der Waals surface area (Å²) in [4.78, 5) is 17.9. The quantitative estimate of drug-likeness (QED) is 0.770. The van der Waals surface area contributed by atoms with Gasteiger partial charge in [0.2, 0.25) is 5.91 Å². The number of oxazole rings is 1. The molecule has 2 heterocycles. The molecule has 0 aliphatic carbocycles. The second kappa shape index (κ2) is 5.88. The highest BCUT2D eigenvalue weighted by Crippen LogP contribution is 2.24. The van der Waals surface area contributed by atoms with Gasteiger partial charge in [0.25, 0.3) is 6.01 Å². The summed E-state index contributed by atoms with van der Waals surface area (Å²) in [6.45, 7) is 1.36. The molecule has 6 heteroatoms. The fraction of sp³-hybridized carbons (Fsp3) is 0.222. The first-order valence-electron chi connectivity index (χ1n) is 7.92. The number of benzene rings is 2. The lowest BCUT2D eigenvalue weighted by Gasteiger charge is -2.15. The minimum atomic E-state index is 0.150. The van der Waals surface area contributed by atoms with Crippen LogP contribution in [-0.2, 0) is 11.3 Å². The molecule has 2 aromatic carbocycles. The number of rotatable bonds is 4. The van der Waals surface area contributed by atoms with Gasteiger partial charge in [0.05, 0.1) is 0 Å². The van der Waals surface area contributed by atoms with Crippen LogP contribution in [-0.4, -0.2) is 22.5 Å². The maximum absolute atomic E-state index is 11.8. The molecule has 0 saturated carbocycles. The summed E-state index contributed by atoms with van der Waals surface area (Å²) in [5, 5.41) is 12.6. The first-order chi connectivity index (χ1) is 11.7. The molecule has 1 aliphatic rings.